The van der Waals surface area contributed by atoms with Crippen LogP contribution in [0.3, 0.4) is 0 Å². The van der Waals surface area contributed by atoms with E-state index in [1.165, 1.54) is 6.07 Å². The lowest BCUT2D eigenvalue weighted by atomic mass is 10.2. The van der Waals surface area contributed by atoms with Crippen LogP contribution in [0.25, 0.3) is 0 Å². The van der Waals surface area contributed by atoms with Crippen LogP contribution in [0, 0.1) is 5.82 Å². The number of nitrogens with zero attached hydrogens (tertiary/aromatic N) is 2. The van der Waals surface area contributed by atoms with Gasteiger partial charge >= 0.3 is 0 Å². The predicted molar refractivity (Wildman–Crippen MR) is 78.5 cm³/mol. The number of halogens is 3. The summed E-state index contributed by atoms with van der Waals surface area (Å²) in [4.78, 5) is 8.59. The molecule has 1 aromatic heterocycles. The van der Waals surface area contributed by atoms with Crippen molar-refractivity contribution in [3.8, 4) is 0 Å². The number of para-hydroxylation sites is 1. The highest BCUT2D eigenvalue weighted by atomic mass is 79.9. The second kappa shape index (κ2) is 5.84. The maximum atomic E-state index is 13.7. The molecule has 0 spiro atoms. The molecule has 0 unspecified atom stereocenters. The molecule has 100 valence electrons. The highest BCUT2D eigenvalue weighted by Gasteiger charge is 2.11. The van der Waals surface area contributed by atoms with Crippen LogP contribution in [0.2, 0.25) is 5.02 Å². The van der Waals surface area contributed by atoms with E-state index in [2.05, 4.69) is 31.2 Å². The Labute approximate surface area is 124 Å². The molecule has 0 fully saturated rings. The molecule has 3 nitrogen and oxygen atoms in total. The van der Waals surface area contributed by atoms with E-state index in [9.17, 15) is 4.39 Å². The molecular weight excluding hydrogens is 333 g/mol. The van der Waals surface area contributed by atoms with Crippen molar-refractivity contribution in [1.29, 1.82) is 0 Å². The number of hydrogen-bond acceptors (Lipinski definition) is 3. The van der Waals surface area contributed by atoms with Crippen molar-refractivity contribution >= 4 is 39.0 Å². The molecule has 0 radical (unpaired) electrons. The monoisotopic (exact) mass is 343 g/mol. The zero-order chi connectivity index (χ0) is 14.0. The first-order valence-corrected chi connectivity index (χ1v) is 6.90. The van der Waals surface area contributed by atoms with Gasteiger partial charge in [0.1, 0.15) is 22.1 Å². The summed E-state index contributed by atoms with van der Waals surface area (Å²) < 4.78 is 14.3. The fraction of sp³-hybridized carbons (Fsp3) is 0.231. The van der Waals surface area contributed by atoms with Gasteiger partial charge in [-0.25, -0.2) is 14.4 Å². The topological polar surface area (TPSA) is 37.8 Å². The summed E-state index contributed by atoms with van der Waals surface area (Å²) >= 11 is 9.28. The van der Waals surface area contributed by atoms with Crippen molar-refractivity contribution in [2.24, 2.45) is 0 Å². The molecule has 0 saturated heterocycles. The van der Waals surface area contributed by atoms with Crippen LogP contribution in [0.15, 0.2) is 28.9 Å². The lowest BCUT2D eigenvalue weighted by molar-refractivity contribution is 0.631. The Bertz CT molecular complexity index is 584. The fourth-order valence-corrected chi connectivity index (χ4v) is 2.11. The molecule has 2 rings (SSSR count). The largest absolute Gasteiger partial charge is 0.336 e. The van der Waals surface area contributed by atoms with E-state index < -0.39 is 5.82 Å². The summed E-state index contributed by atoms with van der Waals surface area (Å²) in [5.41, 5.74) is 0.212. The Hall–Kier alpha value is -1.20. The van der Waals surface area contributed by atoms with Gasteiger partial charge in [-0.05, 0) is 28.1 Å². The molecule has 19 heavy (non-hydrogen) atoms. The third-order valence-electron chi connectivity index (χ3n) is 2.44. The molecule has 0 bridgehead atoms. The number of benzene rings is 1. The van der Waals surface area contributed by atoms with Crippen LogP contribution >= 0.6 is 27.5 Å². The van der Waals surface area contributed by atoms with Crippen LogP contribution < -0.4 is 5.32 Å². The molecule has 0 saturated carbocycles. The summed E-state index contributed by atoms with van der Waals surface area (Å²) in [6.07, 6.45) is 0. The van der Waals surface area contributed by atoms with Crippen molar-refractivity contribution in [2.75, 3.05) is 5.32 Å². The normalized spacial score (nSPS) is 10.8. The van der Waals surface area contributed by atoms with E-state index in [0.29, 0.717) is 21.3 Å². The molecule has 0 aliphatic heterocycles. The minimum atomic E-state index is -0.423. The van der Waals surface area contributed by atoms with Gasteiger partial charge in [0.15, 0.2) is 0 Å². The zero-order valence-corrected chi connectivity index (χ0v) is 12.8. The van der Waals surface area contributed by atoms with E-state index in [-0.39, 0.29) is 11.6 Å². The summed E-state index contributed by atoms with van der Waals surface area (Å²) in [6, 6.07) is 6.19. The van der Waals surface area contributed by atoms with Crippen molar-refractivity contribution in [3.05, 3.63) is 45.5 Å². The summed E-state index contributed by atoms with van der Waals surface area (Å²) in [6.45, 7) is 3.98. The molecule has 1 heterocycles. The lowest BCUT2D eigenvalue weighted by Gasteiger charge is -2.11. The standard InChI is InChI=1S/C13H12BrClFN3/c1-7(2)13-17-10(14)6-11(19-13)18-12-8(15)4-3-5-9(12)16/h3-7H,1-2H3,(H,17,18,19). The van der Waals surface area contributed by atoms with E-state index in [1.54, 1.807) is 18.2 Å². The molecule has 0 aliphatic carbocycles. The van der Waals surface area contributed by atoms with Crippen molar-refractivity contribution in [3.63, 3.8) is 0 Å². The number of nitrogens with one attached hydrogen (secondary N) is 1. The van der Waals surface area contributed by atoms with E-state index in [0.717, 1.165) is 0 Å². The Balaban J connectivity index is 2.38. The first-order chi connectivity index (χ1) is 8.97. The van der Waals surface area contributed by atoms with Gasteiger partial charge in [-0.15, -0.1) is 0 Å². The Morgan fingerprint density at radius 1 is 1.32 bits per heavy atom. The maximum absolute atomic E-state index is 13.7. The van der Waals surface area contributed by atoms with Gasteiger partial charge in [0.2, 0.25) is 0 Å². The summed E-state index contributed by atoms with van der Waals surface area (Å²) in [5, 5.41) is 3.19. The molecule has 0 atom stereocenters. The Morgan fingerprint density at radius 2 is 2.05 bits per heavy atom. The van der Waals surface area contributed by atoms with E-state index >= 15 is 0 Å². The average Bonchev–Trinajstić information content (AvgIpc) is 2.33. The second-order valence-electron chi connectivity index (χ2n) is 4.31. The minimum Gasteiger partial charge on any atom is -0.336 e. The molecule has 1 N–H and O–H groups in total. The minimum absolute atomic E-state index is 0.175. The first-order valence-electron chi connectivity index (χ1n) is 5.73. The molecular formula is C13H12BrClFN3. The molecule has 0 aliphatic rings. The van der Waals surface area contributed by atoms with E-state index in [1.807, 2.05) is 13.8 Å². The Morgan fingerprint density at radius 3 is 2.68 bits per heavy atom. The smallest absolute Gasteiger partial charge is 0.148 e. The number of aromatic nitrogens is 2. The fourth-order valence-electron chi connectivity index (χ4n) is 1.50. The molecule has 2 aromatic rings. The Kier molecular flexibility index (Phi) is 4.37. The average molecular weight is 345 g/mol. The second-order valence-corrected chi connectivity index (χ2v) is 5.53. The summed E-state index contributed by atoms with van der Waals surface area (Å²) in [7, 11) is 0. The zero-order valence-electron chi connectivity index (χ0n) is 10.4. The van der Waals surface area contributed by atoms with Crippen LogP contribution in [0.1, 0.15) is 25.6 Å². The van der Waals surface area contributed by atoms with Crippen LogP contribution in [-0.2, 0) is 0 Å². The quantitative estimate of drug-likeness (QED) is 0.805. The first kappa shape index (κ1) is 14.2. The molecule has 1 aromatic carbocycles. The maximum Gasteiger partial charge on any atom is 0.148 e. The number of anilines is 2. The predicted octanol–water partition coefficient (Wildman–Crippen LogP) is 4.90. The van der Waals surface area contributed by atoms with Gasteiger partial charge in [-0.3, -0.25) is 0 Å². The molecule has 0 amide bonds. The third-order valence-corrected chi connectivity index (χ3v) is 3.17. The summed E-state index contributed by atoms with van der Waals surface area (Å²) in [5.74, 6) is 0.921. The number of hydrogen-bond donors (Lipinski definition) is 1. The van der Waals surface area contributed by atoms with Crippen molar-refractivity contribution < 1.29 is 4.39 Å². The SMILES string of the molecule is CC(C)c1nc(Br)cc(Nc2c(F)cccc2Cl)n1. The van der Waals surface area contributed by atoms with Gasteiger partial charge in [-0.1, -0.05) is 31.5 Å². The highest BCUT2D eigenvalue weighted by Crippen LogP contribution is 2.28. The van der Waals surface area contributed by atoms with Crippen LogP contribution in [0.4, 0.5) is 15.9 Å². The van der Waals surface area contributed by atoms with Crippen LogP contribution in [-0.4, -0.2) is 9.97 Å². The van der Waals surface area contributed by atoms with E-state index in [4.69, 9.17) is 11.6 Å². The number of rotatable bonds is 3. The van der Waals surface area contributed by atoms with Crippen molar-refractivity contribution in [1.82, 2.24) is 9.97 Å². The molecule has 6 heteroatoms. The highest BCUT2D eigenvalue weighted by molar-refractivity contribution is 9.10. The van der Waals surface area contributed by atoms with Gasteiger partial charge in [-0.2, -0.15) is 0 Å². The van der Waals surface area contributed by atoms with Gasteiger partial charge < -0.3 is 5.32 Å². The lowest BCUT2D eigenvalue weighted by Crippen LogP contribution is -2.03. The van der Waals surface area contributed by atoms with Gasteiger partial charge in [0.25, 0.3) is 0 Å². The van der Waals surface area contributed by atoms with Crippen LogP contribution in [0.5, 0.6) is 0 Å². The van der Waals surface area contributed by atoms with Gasteiger partial charge in [0.05, 0.1) is 10.7 Å². The van der Waals surface area contributed by atoms with Crippen molar-refractivity contribution in [2.45, 2.75) is 19.8 Å². The third kappa shape index (κ3) is 3.42. The van der Waals surface area contributed by atoms with Gasteiger partial charge in [0, 0.05) is 12.0 Å².